The fourth-order valence-corrected chi connectivity index (χ4v) is 4.28. The van der Waals surface area contributed by atoms with E-state index in [1.807, 2.05) is 41.8 Å². The zero-order chi connectivity index (χ0) is 23.6. The third kappa shape index (κ3) is 4.93. The summed E-state index contributed by atoms with van der Waals surface area (Å²) in [6.45, 7) is 2.31. The molecule has 0 fully saturated rings. The summed E-state index contributed by atoms with van der Waals surface area (Å²) in [6, 6.07) is 22.4. The Kier molecular flexibility index (Phi) is 6.24. The summed E-state index contributed by atoms with van der Waals surface area (Å²) in [5.74, 6) is 1.15. The predicted molar refractivity (Wildman–Crippen MR) is 126 cm³/mol. The average Bonchev–Trinajstić information content (AvgIpc) is 3.14. The largest absolute Gasteiger partial charge is 0.497 e. The van der Waals surface area contributed by atoms with E-state index in [0.717, 1.165) is 34.0 Å². The molecule has 0 bridgehead atoms. The number of nitrogens with zero attached hydrogens (tertiary/aromatic N) is 1. The second-order valence-corrected chi connectivity index (χ2v) is 9.73. The molecule has 0 saturated carbocycles. The molecule has 0 N–H and O–H groups in total. The molecule has 4 aromatic rings. The van der Waals surface area contributed by atoms with Crippen LogP contribution in [0.5, 0.6) is 11.5 Å². The van der Waals surface area contributed by atoms with Crippen molar-refractivity contribution in [1.29, 1.82) is 0 Å². The Labute approximate surface area is 192 Å². The van der Waals surface area contributed by atoms with Crippen LogP contribution in [0.2, 0.25) is 0 Å². The van der Waals surface area contributed by atoms with Crippen LogP contribution in [0.3, 0.4) is 0 Å². The number of halogens is 1. The van der Waals surface area contributed by atoms with E-state index in [-0.39, 0.29) is 10.7 Å². The fourth-order valence-electron chi connectivity index (χ4n) is 3.65. The van der Waals surface area contributed by atoms with Crippen LogP contribution in [0, 0.1) is 12.7 Å². The van der Waals surface area contributed by atoms with E-state index >= 15 is 0 Å². The first kappa shape index (κ1) is 22.6. The summed E-state index contributed by atoms with van der Waals surface area (Å²) < 4.78 is 50.4. The topological polar surface area (TPSA) is 57.5 Å². The quantitative estimate of drug-likeness (QED) is 0.357. The molecule has 1 aromatic heterocycles. The number of hydrogen-bond donors (Lipinski definition) is 0. The number of hydrogen-bond acceptors (Lipinski definition) is 4. The van der Waals surface area contributed by atoms with Crippen LogP contribution < -0.4 is 9.47 Å². The maximum Gasteiger partial charge on any atom is 0.175 e. The van der Waals surface area contributed by atoms with Crippen LogP contribution in [-0.2, 0) is 16.4 Å². The lowest BCUT2D eigenvalue weighted by Gasteiger charge is -2.13. The van der Waals surface area contributed by atoms with E-state index in [0.29, 0.717) is 12.4 Å². The van der Waals surface area contributed by atoms with E-state index in [9.17, 15) is 12.8 Å². The highest BCUT2D eigenvalue weighted by molar-refractivity contribution is 7.90. The molecule has 0 amide bonds. The molecular weight excluding hydrogens is 441 g/mol. The van der Waals surface area contributed by atoms with Gasteiger partial charge in [0.05, 0.1) is 17.7 Å². The van der Waals surface area contributed by atoms with Crippen LogP contribution in [0.4, 0.5) is 4.39 Å². The summed E-state index contributed by atoms with van der Waals surface area (Å²) in [7, 11) is -1.68. The number of ether oxygens (including phenoxy) is 2. The van der Waals surface area contributed by atoms with Crippen LogP contribution in [0.15, 0.2) is 83.8 Å². The van der Waals surface area contributed by atoms with Crippen molar-refractivity contribution in [2.45, 2.75) is 18.4 Å². The smallest absolute Gasteiger partial charge is 0.175 e. The first-order chi connectivity index (χ1) is 15.8. The van der Waals surface area contributed by atoms with E-state index in [1.54, 1.807) is 43.5 Å². The molecule has 0 radical (unpaired) electrons. The van der Waals surface area contributed by atoms with Crippen LogP contribution >= 0.6 is 0 Å². The molecule has 0 aliphatic heterocycles. The normalized spacial score (nSPS) is 11.4. The molecule has 0 aliphatic carbocycles. The van der Waals surface area contributed by atoms with Gasteiger partial charge in [0.25, 0.3) is 0 Å². The SMILES string of the molecule is COc1ccc(OCc2cc(-c3ccc(S(C)(=O)=O)cc3)n(-c3ccc(F)cc3)c2C)cc1. The predicted octanol–water partition coefficient (Wildman–Crippen LogP) is 5.58. The maximum absolute atomic E-state index is 13.6. The van der Waals surface area contributed by atoms with Crippen LogP contribution in [-0.4, -0.2) is 26.4 Å². The second-order valence-electron chi connectivity index (χ2n) is 7.71. The summed E-state index contributed by atoms with van der Waals surface area (Å²) in [6.07, 6.45) is 1.18. The summed E-state index contributed by atoms with van der Waals surface area (Å²) >= 11 is 0. The number of rotatable bonds is 7. The molecular formula is C26H24FNO4S. The average molecular weight is 466 g/mol. The highest BCUT2D eigenvalue weighted by atomic mass is 32.2. The number of methoxy groups -OCH3 is 1. The third-order valence-corrected chi connectivity index (χ3v) is 6.60. The molecule has 170 valence electrons. The fraction of sp³-hybridized carbons (Fsp3) is 0.154. The lowest BCUT2D eigenvalue weighted by molar-refractivity contribution is 0.304. The molecule has 0 unspecified atom stereocenters. The molecule has 0 saturated heterocycles. The van der Waals surface area contributed by atoms with E-state index in [1.165, 1.54) is 18.4 Å². The van der Waals surface area contributed by atoms with Crippen molar-refractivity contribution in [1.82, 2.24) is 4.57 Å². The zero-order valence-electron chi connectivity index (χ0n) is 18.6. The maximum atomic E-state index is 13.6. The van der Waals surface area contributed by atoms with E-state index < -0.39 is 9.84 Å². The lowest BCUT2D eigenvalue weighted by atomic mass is 10.1. The molecule has 0 spiro atoms. The Morgan fingerprint density at radius 2 is 1.48 bits per heavy atom. The summed E-state index contributed by atoms with van der Waals surface area (Å²) in [4.78, 5) is 0.255. The number of benzene rings is 3. The second kappa shape index (κ2) is 9.11. The molecule has 1 heterocycles. The van der Waals surface area contributed by atoms with Gasteiger partial charge in [0.1, 0.15) is 23.9 Å². The van der Waals surface area contributed by atoms with Crippen LogP contribution in [0.25, 0.3) is 16.9 Å². The molecule has 0 atom stereocenters. The minimum Gasteiger partial charge on any atom is -0.497 e. The molecule has 0 aliphatic rings. The van der Waals surface area contributed by atoms with Gasteiger partial charge in [0.15, 0.2) is 9.84 Å². The van der Waals surface area contributed by atoms with Crippen molar-refractivity contribution in [3.63, 3.8) is 0 Å². The zero-order valence-corrected chi connectivity index (χ0v) is 19.4. The van der Waals surface area contributed by atoms with Gasteiger partial charge < -0.3 is 14.0 Å². The summed E-state index contributed by atoms with van der Waals surface area (Å²) in [5, 5.41) is 0. The van der Waals surface area contributed by atoms with Gasteiger partial charge in [0.2, 0.25) is 0 Å². The Bertz CT molecular complexity index is 1360. The Balaban J connectivity index is 1.73. The first-order valence-electron chi connectivity index (χ1n) is 10.3. The molecule has 33 heavy (non-hydrogen) atoms. The van der Waals surface area contributed by atoms with Crippen LogP contribution in [0.1, 0.15) is 11.3 Å². The van der Waals surface area contributed by atoms with Gasteiger partial charge in [-0.2, -0.15) is 0 Å². The van der Waals surface area contributed by atoms with Gasteiger partial charge in [-0.3, -0.25) is 0 Å². The number of aromatic nitrogens is 1. The Morgan fingerprint density at radius 3 is 2.06 bits per heavy atom. The molecule has 5 nitrogen and oxygen atoms in total. The van der Waals surface area contributed by atoms with E-state index in [4.69, 9.17) is 9.47 Å². The van der Waals surface area contributed by atoms with Crippen molar-refractivity contribution in [2.75, 3.05) is 13.4 Å². The summed E-state index contributed by atoms with van der Waals surface area (Å²) in [5.41, 5.74) is 4.39. The van der Waals surface area contributed by atoms with Crippen molar-refractivity contribution in [3.05, 3.63) is 95.9 Å². The van der Waals surface area contributed by atoms with Gasteiger partial charge in [-0.05, 0) is 79.2 Å². The molecule has 7 heteroatoms. The van der Waals surface area contributed by atoms with Gasteiger partial charge in [-0.15, -0.1) is 0 Å². The standard InChI is InChI=1S/C26H24FNO4S/c1-18-20(17-32-24-12-10-23(31-2)11-13-24)16-26(28(18)22-8-6-21(27)7-9-22)19-4-14-25(15-5-19)33(3,29)30/h4-16H,17H2,1-3H3. The van der Waals surface area contributed by atoms with Crippen molar-refractivity contribution in [2.24, 2.45) is 0 Å². The van der Waals surface area contributed by atoms with Gasteiger partial charge in [0, 0.05) is 23.2 Å². The minimum atomic E-state index is -3.29. The lowest BCUT2D eigenvalue weighted by Crippen LogP contribution is -2.02. The van der Waals surface area contributed by atoms with Crippen molar-refractivity contribution >= 4 is 9.84 Å². The highest BCUT2D eigenvalue weighted by Gasteiger charge is 2.17. The number of sulfone groups is 1. The van der Waals surface area contributed by atoms with E-state index in [2.05, 4.69) is 0 Å². The van der Waals surface area contributed by atoms with Crippen molar-refractivity contribution in [3.8, 4) is 28.4 Å². The Morgan fingerprint density at radius 1 is 0.879 bits per heavy atom. The first-order valence-corrected chi connectivity index (χ1v) is 12.2. The molecule has 4 rings (SSSR count). The van der Waals surface area contributed by atoms with Gasteiger partial charge in [-0.25, -0.2) is 12.8 Å². The monoisotopic (exact) mass is 465 g/mol. The highest BCUT2D eigenvalue weighted by Crippen LogP contribution is 2.31. The Hall–Kier alpha value is -3.58. The van der Waals surface area contributed by atoms with Gasteiger partial charge in [-0.1, -0.05) is 12.1 Å². The molecule has 3 aromatic carbocycles. The third-order valence-electron chi connectivity index (χ3n) is 5.47. The van der Waals surface area contributed by atoms with Crippen molar-refractivity contribution < 1.29 is 22.3 Å². The van der Waals surface area contributed by atoms with Gasteiger partial charge >= 0.3 is 0 Å². The minimum absolute atomic E-state index is 0.255.